The van der Waals surface area contributed by atoms with E-state index in [0.29, 0.717) is 5.56 Å². The number of ketones is 2. The molecule has 0 aromatic heterocycles. The summed E-state index contributed by atoms with van der Waals surface area (Å²) in [5.74, 6) is -1.36. The van der Waals surface area contributed by atoms with Gasteiger partial charge in [-0.25, -0.2) is 0 Å². The van der Waals surface area contributed by atoms with Crippen LogP contribution in [0, 0.1) is 5.92 Å². The van der Waals surface area contributed by atoms with Crippen LogP contribution >= 0.6 is 0 Å². The van der Waals surface area contributed by atoms with Crippen LogP contribution in [0.3, 0.4) is 0 Å². The van der Waals surface area contributed by atoms with Gasteiger partial charge < -0.3 is 0 Å². The molecule has 1 atom stereocenters. The van der Waals surface area contributed by atoms with Gasteiger partial charge in [-0.3, -0.25) is 9.59 Å². The van der Waals surface area contributed by atoms with Crippen LogP contribution in [0.5, 0.6) is 0 Å². The summed E-state index contributed by atoms with van der Waals surface area (Å²) in [5.41, 5.74) is 0.514. The van der Waals surface area contributed by atoms with Crippen LogP contribution in [0.15, 0.2) is 79.9 Å². The van der Waals surface area contributed by atoms with Crippen molar-refractivity contribution in [2.24, 2.45) is 5.92 Å². The molecule has 1 aromatic carbocycles. The number of hydrogen-bond donors (Lipinski definition) is 0. The molecule has 0 bridgehead atoms. The van der Waals surface area contributed by atoms with Crippen LogP contribution in [0.4, 0.5) is 0 Å². The van der Waals surface area contributed by atoms with E-state index in [1.807, 2.05) is 6.07 Å². The van der Waals surface area contributed by atoms with Crippen LogP contribution < -0.4 is 0 Å². The van der Waals surface area contributed by atoms with Gasteiger partial charge in [0.25, 0.3) is 0 Å². The third-order valence-electron chi connectivity index (χ3n) is 2.51. The molecule has 0 radical (unpaired) electrons. The summed E-state index contributed by atoms with van der Waals surface area (Å²) in [6.07, 6.45) is 9.46. The van der Waals surface area contributed by atoms with E-state index in [1.165, 1.54) is 6.08 Å². The molecule has 0 fully saturated rings. The van der Waals surface area contributed by atoms with Gasteiger partial charge in [-0.05, 0) is 6.08 Å². The molecule has 0 aliphatic heterocycles. The zero-order chi connectivity index (χ0) is 14.1. The van der Waals surface area contributed by atoms with Crippen molar-refractivity contribution in [1.29, 1.82) is 0 Å². The third kappa shape index (κ3) is 4.36. The second kappa shape index (κ2) is 7.77. The van der Waals surface area contributed by atoms with Crippen LogP contribution in [-0.2, 0) is 4.79 Å². The summed E-state index contributed by atoms with van der Waals surface area (Å²) >= 11 is 0. The highest BCUT2D eigenvalue weighted by molar-refractivity contribution is 6.15. The lowest BCUT2D eigenvalue weighted by Crippen LogP contribution is -2.20. The molecule has 0 amide bonds. The number of Topliss-reactive ketones (excluding diaryl/α,β-unsaturated/α-hetero) is 1. The Bertz CT molecular complexity index is 521. The molecule has 0 spiro atoms. The first-order valence-electron chi connectivity index (χ1n) is 5.92. The maximum absolute atomic E-state index is 12.2. The van der Waals surface area contributed by atoms with Gasteiger partial charge in [0.15, 0.2) is 11.6 Å². The fourth-order valence-electron chi connectivity index (χ4n) is 1.54. The largest absolute Gasteiger partial charge is 0.294 e. The first-order valence-corrected chi connectivity index (χ1v) is 5.92. The SMILES string of the molecule is C=C/C=C\C=C\C(C(=O)C=C)C(=O)c1ccccc1. The Morgan fingerprint density at radius 2 is 1.68 bits per heavy atom. The molecular weight excluding hydrogens is 236 g/mol. The molecule has 2 heteroatoms. The molecule has 0 saturated carbocycles. The molecule has 0 heterocycles. The monoisotopic (exact) mass is 252 g/mol. The van der Waals surface area contributed by atoms with E-state index in [0.717, 1.165) is 0 Å². The van der Waals surface area contributed by atoms with Crippen molar-refractivity contribution in [2.75, 3.05) is 0 Å². The van der Waals surface area contributed by atoms with E-state index in [-0.39, 0.29) is 11.6 Å². The van der Waals surface area contributed by atoms with Crippen LogP contribution in [0.25, 0.3) is 0 Å². The third-order valence-corrected chi connectivity index (χ3v) is 2.51. The highest BCUT2D eigenvalue weighted by Crippen LogP contribution is 2.12. The fraction of sp³-hybridized carbons (Fsp3) is 0.0588. The summed E-state index contributed by atoms with van der Waals surface area (Å²) in [6, 6.07) is 8.75. The molecule has 1 rings (SSSR count). The Morgan fingerprint density at radius 1 is 1.00 bits per heavy atom. The normalized spacial score (nSPS) is 12.4. The van der Waals surface area contributed by atoms with Gasteiger partial charge in [-0.15, -0.1) is 0 Å². The van der Waals surface area contributed by atoms with Gasteiger partial charge in [-0.1, -0.05) is 73.9 Å². The quantitative estimate of drug-likeness (QED) is 0.322. The molecule has 0 aliphatic rings. The van der Waals surface area contributed by atoms with E-state index in [1.54, 1.807) is 54.6 Å². The molecule has 0 N–H and O–H groups in total. The summed E-state index contributed by atoms with van der Waals surface area (Å²) in [7, 11) is 0. The number of carbonyl (C=O) groups excluding carboxylic acids is 2. The zero-order valence-corrected chi connectivity index (χ0v) is 10.7. The Hall–Kier alpha value is -2.48. The predicted octanol–water partition coefficient (Wildman–Crippen LogP) is 3.54. The number of allylic oxidation sites excluding steroid dienone is 6. The summed E-state index contributed by atoms with van der Waals surface area (Å²) in [4.78, 5) is 24.0. The Morgan fingerprint density at radius 3 is 2.26 bits per heavy atom. The van der Waals surface area contributed by atoms with Crippen molar-refractivity contribution in [2.45, 2.75) is 0 Å². The zero-order valence-electron chi connectivity index (χ0n) is 10.7. The minimum atomic E-state index is -0.825. The molecular formula is C17H16O2. The van der Waals surface area contributed by atoms with Crippen LogP contribution in [0.2, 0.25) is 0 Å². The van der Waals surface area contributed by atoms with Gasteiger partial charge in [0.1, 0.15) is 5.92 Å². The predicted molar refractivity (Wildman–Crippen MR) is 77.9 cm³/mol. The van der Waals surface area contributed by atoms with Crippen molar-refractivity contribution >= 4 is 11.6 Å². The molecule has 1 aromatic rings. The molecule has 1 unspecified atom stereocenters. The Balaban J connectivity index is 2.97. The van der Waals surface area contributed by atoms with Crippen molar-refractivity contribution in [3.63, 3.8) is 0 Å². The first-order chi connectivity index (χ1) is 9.20. The number of hydrogen-bond acceptors (Lipinski definition) is 2. The minimum absolute atomic E-state index is 0.228. The van der Waals surface area contributed by atoms with Gasteiger partial charge in [0, 0.05) is 5.56 Å². The lowest BCUT2D eigenvalue weighted by Gasteiger charge is -2.07. The van der Waals surface area contributed by atoms with Crippen LogP contribution in [-0.4, -0.2) is 11.6 Å². The van der Waals surface area contributed by atoms with Crippen molar-refractivity contribution in [1.82, 2.24) is 0 Å². The average Bonchev–Trinajstić information content (AvgIpc) is 2.47. The van der Waals surface area contributed by atoms with E-state index in [4.69, 9.17) is 0 Å². The minimum Gasteiger partial charge on any atom is -0.294 e. The maximum Gasteiger partial charge on any atom is 0.177 e. The number of rotatable bonds is 7. The Labute approximate surface area is 113 Å². The summed E-state index contributed by atoms with van der Waals surface area (Å²) < 4.78 is 0. The molecule has 2 nitrogen and oxygen atoms in total. The summed E-state index contributed by atoms with van der Waals surface area (Å²) in [5, 5.41) is 0. The van der Waals surface area contributed by atoms with Crippen molar-refractivity contribution in [3.05, 3.63) is 85.5 Å². The number of carbonyl (C=O) groups is 2. The van der Waals surface area contributed by atoms with Crippen molar-refractivity contribution in [3.8, 4) is 0 Å². The molecule has 19 heavy (non-hydrogen) atoms. The smallest absolute Gasteiger partial charge is 0.177 e. The highest BCUT2D eigenvalue weighted by atomic mass is 16.1. The number of benzene rings is 1. The van der Waals surface area contributed by atoms with E-state index < -0.39 is 5.92 Å². The van der Waals surface area contributed by atoms with Gasteiger partial charge in [0.2, 0.25) is 0 Å². The van der Waals surface area contributed by atoms with E-state index in [9.17, 15) is 9.59 Å². The van der Waals surface area contributed by atoms with Crippen molar-refractivity contribution < 1.29 is 9.59 Å². The first kappa shape index (κ1) is 14.6. The second-order valence-corrected chi connectivity index (χ2v) is 3.82. The average molecular weight is 252 g/mol. The standard InChI is InChI=1S/C17H16O2/c1-3-5-6-10-13-15(16(18)4-2)17(19)14-11-8-7-9-12-14/h3-13,15H,1-2H2/b6-5-,13-10+. The second-order valence-electron chi connectivity index (χ2n) is 3.82. The fourth-order valence-corrected chi connectivity index (χ4v) is 1.54. The van der Waals surface area contributed by atoms with Gasteiger partial charge in [0.05, 0.1) is 0 Å². The Kier molecular flexibility index (Phi) is 5.96. The van der Waals surface area contributed by atoms with E-state index >= 15 is 0 Å². The van der Waals surface area contributed by atoms with Gasteiger partial charge >= 0.3 is 0 Å². The highest BCUT2D eigenvalue weighted by Gasteiger charge is 2.22. The lowest BCUT2D eigenvalue weighted by molar-refractivity contribution is -0.115. The van der Waals surface area contributed by atoms with Crippen LogP contribution in [0.1, 0.15) is 10.4 Å². The molecule has 0 aliphatic carbocycles. The molecule has 96 valence electrons. The lowest BCUT2D eigenvalue weighted by atomic mass is 9.93. The van der Waals surface area contributed by atoms with Gasteiger partial charge in [-0.2, -0.15) is 0 Å². The maximum atomic E-state index is 12.2. The summed E-state index contributed by atoms with van der Waals surface area (Å²) in [6.45, 7) is 6.97. The molecule has 0 saturated heterocycles. The van der Waals surface area contributed by atoms with E-state index in [2.05, 4.69) is 13.2 Å². The topological polar surface area (TPSA) is 34.1 Å².